The van der Waals surface area contributed by atoms with E-state index in [0.717, 1.165) is 5.56 Å². The highest BCUT2D eigenvalue weighted by Gasteiger charge is 2.20. The molecule has 1 unspecified atom stereocenters. The van der Waals surface area contributed by atoms with Crippen molar-refractivity contribution in [1.29, 1.82) is 0 Å². The van der Waals surface area contributed by atoms with Crippen LogP contribution in [0.4, 0.5) is 5.69 Å². The van der Waals surface area contributed by atoms with Gasteiger partial charge in [0.05, 0.1) is 11.3 Å². The van der Waals surface area contributed by atoms with Gasteiger partial charge in [-0.25, -0.2) is 0 Å². The molecular formula is C15H14N4O2. The van der Waals surface area contributed by atoms with Crippen LogP contribution in [0.5, 0.6) is 0 Å². The number of anilines is 1. The first-order valence-electron chi connectivity index (χ1n) is 6.40. The lowest BCUT2D eigenvalue weighted by Crippen LogP contribution is -2.05. The van der Waals surface area contributed by atoms with Crippen LogP contribution in [0.1, 0.15) is 17.5 Å². The first-order valence-corrected chi connectivity index (χ1v) is 6.40. The Kier molecular flexibility index (Phi) is 3.61. The number of ether oxygens (including phenoxy) is 1. The van der Waals surface area contributed by atoms with E-state index >= 15 is 0 Å². The van der Waals surface area contributed by atoms with Gasteiger partial charge in [0.15, 0.2) is 0 Å². The summed E-state index contributed by atoms with van der Waals surface area (Å²) in [6.07, 6.45) is 2.80. The summed E-state index contributed by atoms with van der Waals surface area (Å²) in [6.45, 7) is 0. The van der Waals surface area contributed by atoms with E-state index in [0.29, 0.717) is 23.0 Å². The van der Waals surface area contributed by atoms with E-state index in [4.69, 9.17) is 15.0 Å². The largest absolute Gasteiger partial charge is 0.397 e. The van der Waals surface area contributed by atoms with Crippen LogP contribution in [0.15, 0.2) is 53.3 Å². The molecule has 106 valence electrons. The molecule has 0 aliphatic rings. The summed E-state index contributed by atoms with van der Waals surface area (Å²) >= 11 is 0. The Morgan fingerprint density at radius 2 is 2.00 bits per heavy atom. The zero-order chi connectivity index (χ0) is 14.7. The Balaban J connectivity index is 1.94. The number of hydrogen-bond donors (Lipinski definition) is 1. The average Bonchev–Trinajstić information content (AvgIpc) is 2.99. The summed E-state index contributed by atoms with van der Waals surface area (Å²) in [5.41, 5.74) is 7.88. The molecule has 3 aromatic rings. The molecule has 0 amide bonds. The van der Waals surface area contributed by atoms with Gasteiger partial charge < -0.3 is 15.0 Å². The standard InChI is InChI=1S/C15H14N4O2/c1-20-13(10-5-3-2-4-6-10)14-18-15(21-19-14)11-7-12(16)9-17-8-11/h2-9,13H,16H2,1H3. The second-order valence-electron chi connectivity index (χ2n) is 4.49. The number of rotatable bonds is 4. The lowest BCUT2D eigenvalue weighted by atomic mass is 10.1. The topological polar surface area (TPSA) is 87.1 Å². The van der Waals surface area contributed by atoms with E-state index in [9.17, 15) is 0 Å². The van der Waals surface area contributed by atoms with E-state index < -0.39 is 0 Å². The molecular weight excluding hydrogens is 268 g/mol. The lowest BCUT2D eigenvalue weighted by Gasteiger charge is -2.10. The molecule has 0 spiro atoms. The van der Waals surface area contributed by atoms with Gasteiger partial charge in [-0.15, -0.1) is 0 Å². The van der Waals surface area contributed by atoms with Gasteiger partial charge in [0.1, 0.15) is 6.10 Å². The normalized spacial score (nSPS) is 12.2. The minimum Gasteiger partial charge on any atom is -0.397 e. The van der Waals surface area contributed by atoms with E-state index in [1.165, 1.54) is 0 Å². The van der Waals surface area contributed by atoms with Crippen LogP contribution >= 0.6 is 0 Å². The highest BCUT2D eigenvalue weighted by molar-refractivity contribution is 5.57. The van der Waals surface area contributed by atoms with Crippen LogP contribution < -0.4 is 5.73 Å². The third kappa shape index (κ3) is 2.75. The Hall–Kier alpha value is -2.73. The maximum atomic E-state index is 5.70. The molecule has 0 radical (unpaired) electrons. The Bertz CT molecular complexity index is 727. The molecule has 0 aliphatic heterocycles. The number of methoxy groups -OCH3 is 1. The zero-order valence-corrected chi connectivity index (χ0v) is 11.4. The Morgan fingerprint density at radius 3 is 2.71 bits per heavy atom. The number of hydrogen-bond acceptors (Lipinski definition) is 6. The quantitative estimate of drug-likeness (QED) is 0.790. The molecule has 0 bridgehead atoms. The summed E-state index contributed by atoms with van der Waals surface area (Å²) in [4.78, 5) is 8.38. The van der Waals surface area contributed by atoms with Crippen LogP contribution in [0.3, 0.4) is 0 Å². The summed E-state index contributed by atoms with van der Waals surface area (Å²) < 4.78 is 10.7. The fourth-order valence-corrected chi connectivity index (χ4v) is 2.05. The number of nitrogens with zero attached hydrogens (tertiary/aromatic N) is 3. The van der Waals surface area contributed by atoms with Crippen molar-refractivity contribution in [2.75, 3.05) is 12.8 Å². The van der Waals surface area contributed by atoms with Crippen LogP contribution in [0, 0.1) is 0 Å². The van der Waals surface area contributed by atoms with E-state index in [1.807, 2.05) is 30.3 Å². The number of nitrogen functional groups attached to an aromatic ring is 1. The minimum atomic E-state index is -0.377. The van der Waals surface area contributed by atoms with E-state index in [1.54, 1.807) is 25.6 Å². The van der Waals surface area contributed by atoms with E-state index in [2.05, 4.69) is 15.1 Å². The fraction of sp³-hybridized carbons (Fsp3) is 0.133. The van der Waals surface area contributed by atoms with Gasteiger partial charge in [-0.1, -0.05) is 35.5 Å². The molecule has 6 nitrogen and oxygen atoms in total. The van der Waals surface area contributed by atoms with Gasteiger partial charge in [-0.2, -0.15) is 4.98 Å². The highest BCUT2D eigenvalue weighted by atomic mass is 16.5. The third-order valence-electron chi connectivity index (χ3n) is 3.02. The van der Waals surface area contributed by atoms with Gasteiger partial charge in [0.25, 0.3) is 5.89 Å². The van der Waals surface area contributed by atoms with Gasteiger partial charge in [-0.3, -0.25) is 4.98 Å². The molecule has 6 heteroatoms. The van der Waals surface area contributed by atoms with Crippen molar-refractivity contribution in [2.45, 2.75) is 6.10 Å². The van der Waals surface area contributed by atoms with Crippen molar-refractivity contribution < 1.29 is 9.26 Å². The predicted molar refractivity (Wildman–Crippen MR) is 77.2 cm³/mol. The number of nitrogens with two attached hydrogens (primary N) is 1. The molecule has 0 aliphatic carbocycles. The number of aromatic nitrogens is 3. The Labute approximate surface area is 121 Å². The van der Waals surface area contributed by atoms with Crippen molar-refractivity contribution in [3.8, 4) is 11.5 Å². The monoisotopic (exact) mass is 282 g/mol. The number of benzene rings is 1. The summed E-state index contributed by atoms with van der Waals surface area (Å²) in [5, 5.41) is 3.99. The van der Waals surface area contributed by atoms with Crippen molar-refractivity contribution >= 4 is 5.69 Å². The molecule has 2 N–H and O–H groups in total. The molecule has 1 atom stereocenters. The van der Waals surface area contributed by atoms with Crippen molar-refractivity contribution in [3.63, 3.8) is 0 Å². The average molecular weight is 282 g/mol. The zero-order valence-electron chi connectivity index (χ0n) is 11.4. The lowest BCUT2D eigenvalue weighted by molar-refractivity contribution is 0.126. The first-order chi connectivity index (χ1) is 10.3. The molecule has 0 saturated heterocycles. The van der Waals surface area contributed by atoms with Crippen molar-refractivity contribution in [1.82, 2.24) is 15.1 Å². The molecule has 0 saturated carbocycles. The maximum Gasteiger partial charge on any atom is 0.259 e. The van der Waals surface area contributed by atoms with Crippen molar-refractivity contribution in [3.05, 3.63) is 60.2 Å². The van der Waals surface area contributed by atoms with Crippen LogP contribution in [-0.4, -0.2) is 22.2 Å². The molecule has 0 fully saturated rings. The van der Waals surface area contributed by atoms with Gasteiger partial charge >= 0.3 is 0 Å². The fourth-order valence-electron chi connectivity index (χ4n) is 2.05. The predicted octanol–water partition coefficient (Wildman–Crippen LogP) is 2.45. The van der Waals surface area contributed by atoms with Crippen LogP contribution in [0.25, 0.3) is 11.5 Å². The second-order valence-corrected chi connectivity index (χ2v) is 4.49. The smallest absolute Gasteiger partial charge is 0.259 e. The van der Waals surface area contributed by atoms with Crippen molar-refractivity contribution in [2.24, 2.45) is 0 Å². The maximum absolute atomic E-state index is 5.70. The van der Waals surface area contributed by atoms with Gasteiger partial charge in [0.2, 0.25) is 5.82 Å². The second kappa shape index (κ2) is 5.72. The molecule has 2 aromatic heterocycles. The van der Waals surface area contributed by atoms with Crippen LogP contribution in [0.2, 0.25) is 0 Å². The minimum absolute atomic E-state index is 0.364. The SMILES string of the molecule is COC(c1ccccc1)c1noc(-c2cncc(N)c2)n1. The van der Waals surface area contributed by atoms with Crippen LogP contribution in [-0.2, 0) is 4.74 Å². The first kappa shape index (κ1) is 13.3. The molecule has 1 aromatic carbocycles. The summed E-state index contributed by atoms with van der Waals surface area (Å²) in [6, 6.07) is 11.4. The number of pyridine rings is 1. The molecule has 3 rings (SSSR count). The van der Waals surface area contributed by atoms with E-state index in [-0.39, 0.29) is 6.10 Å². The van der Waals surface area contributed by atoms with Gasteiger partial charge in [-0.05, 0) is 11.6 Å². The molecule has 21 heavy (non-hydrogen) atoms. The highest BCUT2D eigenvalue weighted by Crippen LogP contribution is 2.25. The third-order valence-corrected chi connectivity index (χ3v) is 3.02. The van der Waals surface area contributed by atoms with Gasteiger partial charge in [0, 0.05) is 19.5 Å². The summed E-state index contributed by atoms with van der Waals surface area (Å²) in [7, 11) is 1.61. The summed E-state index contributed by atoms with van der Waals surface area (Å²) in [5.74, 6) is 0.823. The molecule has 2 heterocycles. The Morgan fingerprint density at radius 1 is 1.19 bits per heavy atom.